The van der Waals surface area contributed by atoms with E-state index < -0.39 is 0 Å². The summed E-state index contributed by atoms with van der Waals surface area (Å²) in [7, 11) is 5.87. The molecule has 2 rings (SSSR count). The first kappa shape index (κ1) is 15.8. The molecule has 1 heterocycles. The molecule has 1 fully saturated rings. The van der Waals surface area contributed by atoms with Gasteiger partial charge in [0.2, 0.25) is 0 Å². The highest BCUT2D eigenvalue weighted by Gasteiger charge is 2.16. The van der Waals surface area contributed by atoms with E-state index in [1.54, 1.807) is 0 Å². The van der Waals surface area contributed by atoms with Gasteiger partial charge in [0.1, 0.15) is 0 Å². The molecule has 1 saturated heterocycles. The summed E-state index contributed by atoms with van der Waals surface area (Å²) in [6, 6.07) is 8.38. The van der Waals surface area contributed by atoms with Gasteiger partial charge in [0.25, 0.3) is 5.91 Å². The van der Waals surface area contributed by atoms with Crippen molar-refractivity contribution in [2.45, 2.75) is 31.7 Å². The van der Waals surface area contributed by atoms with Crippen molar-refractivity contribution in [2.75, 3.05) is 39.1 Å². The molecule has 1 aromatic rings. The van der Waals surface area contributed by atoms with Gasteiger partial charge >= 0.3 is 0 Å². The van der Waals surface area contributed by atoms with E-state index in [1.807, 2.05) is 55.2 Å². The van der Waals surface area contributed by atoms with Crippen LogP contribution in [0.1, 0.15) is 36.0 Å². The Labute approximate surface area is 128 Å². The second-order valence-corrected chi connectivity index (χ2v) is 6.11. The van der Waals surface area contributed by atoms with E-state index in [1.165, 1.54) is 19.3 Å². The molecular weight excluding hydrogens is 262 g/mol. The summed E-state index contributed by atoms with van der Waals surface area (Å²) in [5, 5.41) is 3.53. The van der Waals surface area contributed by atoms with E-state index in [2.05, 4.69) is 5.32 Å². The minimum atomic E-state index is 0.106. The summed E-state index contributed by atoms with van der Waals surface area (Å²) in [6.45, 7) is 1.93. The van der Waals surface area contributed by atoms with Gasteiger partial charge in [-0.1, -0.05) is 12.5 Å². The fourth-order valence-electron chi connectivity index (χ4n) is 2.76. The van der Waals surface area contributed by atoms with Crippen molar-refractivity contribution in [1.82, 2.24) is 10.2 Å². The van der Waals surface area contributed by atoms with Crippen LogP contribution in [0.5, 0.6) is 0 Å². The number of anilines is 1. The SMILES string of the molecule is CN(CCC1CCCCN1)C(=O)c1cccc(N(C)C)c1. The van der Waals surface area contributed by atoms with Gasteiger partial charge in [-0.2, -0.15) is 0 Å². The lowest BCUT2D eigenvalue weighted by molar-refractivity contribution is 0.0788. The van der Waals surface area contributed by atoms with Crippen molar-refractivity contribution in [3.63, 3.8) is 0 Å². The topological polar surface area (TPSA) is 35.6 Å². The highest BCUT2D eigenvalue weighted by Crippen LogP contribution is 2.15. The van der Waals surface area contributed by atoms with E-state index in [0.717, 1.165) is 30.8 Å². The van der Waals surface area contributed by atoms with Crippen molar-refractivity contribution in [3.05, 3.63) is 29.8 Å². The van der Waals surface area contributed by atoms with Gasteiger partial charge in [0.15, 0.2) is 0 Å². The molecule has 1 aliphatic rings. The van der Waals surface area contributed by atoms with Crippen molar-refractivity contribution >= 4 is 11.6 Å². The normalized spacial score (nSPS) is 18.3. The zero-order valence-corrected chi connectivity index (χ0v) is 13.4. The number of amides is 1. The molecule has 0 saturated carbocycles. The van der Waals surface area contributed by atoms with Gasteiger partial charge < -0.3 is 15.1 Å². The van der Waals surface area contributed by atoms with Crippen molar-refractivity contribution in [2.24, 2.45) is 0 Å². The molecule has 116 valence electrons. The van der Waals surface area contributed by atoms with Gasteiger partial charge in [0.05, 0.1) is 0 Å². The predicted octanol–water partition coefficient (Wildman–Crippen LogP) is 2.36. The molecule has 4 heteroatoms. The quantitative estimate of drug-likeness (QED) is 0.904. The number of nitrogens with one attached hydrogen (secondary N) is 1. The van der Waals surface area contributed by atoms with E-state index in [0.29, 0.717) is 6.04 Å². The molecule has 1 aliphatic heterocycles. The minimum absolute atomic E-state index is 0.106. The average Bonchev–Trinajstić information content (AvgIpc) is 2.53. The smallest absolute Gasteiger partial charge is 0.253 e. The molecule has 4 nitrogen and oxygen atoms in total. The molecule has 1 unspecified atom stereocenters. The van der Waals surface area contributed by atoms with Crippen LogP contribution in [-0.2, 0) is 0 Å². The molecule has 21 heavy (non-hydrogen) atoms. The lowest BCUT2D eigenvalue weighted by atomic mass is 10.0. The van der Waals surface area contributed by atoms with Crippen LogP contribution in [-0.4, -0.2) is 51.1 Å². The van der Waals surface area contributed by atoms with Crippen LogP contribution >= 0.6 is 0 Å². The molecule has 1 N–H and O–H groups in total. The Hall–Kier alpha value is -1.55. The fourth-order valence-corrected chi connectivity index (χ4v) is 2.76. The number of carbonyl (C=O) groups is 1. The molecule has 0 spiro atoms. The second-order valence-electron chi connectivity index (χ2n) is 6.11. The zero-order valence-electron chi connectivity index (χ0n) is 13.4. The fraction of sp³-hybridized carbons (Fsp3) is 0.588. The van der Waals surface area contributed by atoms with Crippen LogP contribution in [0.15, 0.2) is 24.3 Å². The van der Waals surface area contributed by atoms with E-state index in [-0.39, 0.29) is 5.91 Å². The third-order valence-corrected chi connectivity index (χ3v) is 4.18. The first-order chi connectivity index (χ1) is 10.1. The summed E-state index contributed by atoms with van der Waals surface area (Å²) >= 11 is 0. The highest BCUT2D eigenvalue weighted by molar-refractivity contribution is 5.95. The maximum absolute atomic E-state index is 12.5. The van der Waals surface area contributed by atoms with Crippen molar-refractivity contribution < 1.29 is 4.79 Å². The number of carbonyl (C=O) groups excluding carboxylic acids is 1. The van der Waals surface area contributed by atoms with Crippen LogP contribution in [0.3, 0.4) is 0 Å². The largest absolute Gasteiger partial charge is 0.378 e. The lowest BCUT2D eigenvalue weighted by Crippen LogP contribution is -2.38. The number of hydrogen-bond acceptors (Lipinski definition) is 3. The van der Waals surface area contributed by atoms with E-state index >= 15 is 0 Å². The van der Waals surface area contributed by atoms with Crippen LogP contribution in [0.4, 0.5) is 5.69 Å². The van der Waals surface area contributed by atoms with Gasteiger partial charge in [0, 0.05) is 45.0 Å². The van der Waals surface area contributed by atoms with Crippen LogP contribution in [0.25, 0.3) is 0 Å². The Morgan fingerprint density at radius 2 is 2.10 bits per heavy atom. The van der Waals surface area contributed by atoms with Gasteiger partial charge in [-0.05, 0) is 44.0 Å². The number of rotatable bonds is 5. The Bertz CT molecular complexity index is 467. The summed E-state index contributed by atoms with van der Waals surface area (Å²) < 4.78 is 0. The zero-order chi connectivity index (χ0) is 15.2. The molecule has 0 radical (unpaired) electrons. The molecule has 1 atom stereocenters. The molecule has 0 bridgehead atoms. The molecule has 0 aliphatic carbocycles. The third kappa shape index (κ3) is 4.46. The maximum Gasteiger partial charge on any atom is 0.253 e. The monoisotopic (exact) mass is 289 g/mol. The van der Waals surface area contributed by atoms with Crippen LogP contribution in [0.2, 0.25) is 0 Å². The summed E-state index contributed by atoms with van der Waals surface area (Å²) in [6.07, 6.45) is 4.86. The first-order valence-corrected chi connectivity index (χ1v) is 7.84. The Balaban J connectivity index is 1.90. The highest BCUT2D eigenvalue weighted by atomic mass is 16.2. The van der Waals surface area contributed by atoms with Crippen LogP contribution in [0, 0.1) is 0 Å². The maximum atomic E-state index is 12.5. The summed E-state index contributed by atoms with van der Waals surface area (Å²) in [5.74, 6) is 0.106. The molecule has 1 amide bonds. The van der Waals surface area contributed by atoms with Gasteiger partial charge in [-0.3, -0.25) is 4.79 Å². The number of nitrogens with zero attached hydrogens (tertiary/aromatic N) is 2. The Kier molecular flexibility index (Phi) is 5.62. The number of piperidine rings is 1. The van der Waals surface area contributed by atoms with E-state index in [4.69, 9.17) is 0 Å². The minimum Gasteiger partial charge on any atom is -0.378 e. The molecular formula is C17H27N3O. The first-order valence-electron chi connectivity index (χ1n) is 7.84. The third-order valence-electron chi connectivity index (χ3n) is 4.18. The summed E-state index contributed by atoms with van der Waals surface area (Å²) in [5.41, 5.74) is 1.82. The predicted molar refractivity (Wildman–Crippen MR) is 88.0 cm³/mol. The van der Waals surface area contributed by atoms with Crippen molar-refractivity contribution in [3.8, 4) is 0 Å². The lowest BCUT2D eigenvalue weighted by Gasteiger charge is -2.26. The molecule has 1 aromatic carbocycles. The Morgan fingerprint density at radius 1 is 1.29 bits per heavy atom. The number of benzene rings is 1. The van der Waals surface area contributed by atoms with Crippen LogP contribution < -0.4 is 10.2 Å². The summed E-state index contributed by atoms with van der Waals surface area (Å²) in [4.78, 5) is 16.3. The number of hydrogen-bond donors (Lipinski definition) is 1. The standard InChI is InChI=1S/C17H27N3O/c1-19(2)16-9-6-7-14(13-16)17(21)20(3)12-10-15-8-4-5-11-18-15/h6-7,9,13,15,18H,4-5,8,10-12H2,1-3H3. The van der Waals surface area contributed by atoms with Crippen molar-refractivity contribution in [1.29, 1.82) is 0 Å². The molecule has 0 aromatic heterocycles. The van der Waals surface area contributed by atoms with E-state index in [9.17, 15) is 4.79 Å². The van der Waals surface area contributed by atoms with Gasteiger partial charge in [-0.15, -0.1) is 0 Å². The second kappa shape index (κ2) is 7.46. The van der Waals surface area contributed by atoms with Gasteiger partial charge in [-0.25, -0.2) is 0 Å². The average molecular weight is 289 g/mol. The Morgan fingerprint density at radius 3 is 2.76 bits per heavy atom.